The molecule has 1 N–H and O–H groups in total. The quantitative estimate of drug-likeness (QED) is 0.577. The van der Waals surface area contributed by atoms with Crippen molar-refractivity contribution in [1.82, 2.24) is 10.2 Å². The van der Waals surface area contributed by atoms with E-state index in [1.165, 1.54) is 4.90 Å². The first-order valence-corrected chi connectivity index (χ1v) is 10.2. The Morgan fingerprint density at radius 3 is 2.40 bits per heavy atom. The van der Waals surface area contributed by atoms with Gasteiger partial charge in [-0.05, 0) is 53.0 Å². The second-order valence-corrected chi connectivity index (χ2v) is 8.61. The molecule has 0 radical (unpaired) electrons. The van der Waals surface area contributed by atoms with E-state index in [1.807, 2.05) is 30.3 Å². The van der Waals surface area contributed by atoms with Crippen LogP contribution in [0.2, 0.25) is 0 Å². The third kappa shape index (κ3) is 7.57. The van der Waals surface area contributed by atoms with Gasteiger partial charge in [-0.1, -0.05) is 30.3 Å². The number of ether oxygens (including phenoxy) is 3. The van der Waals surface area contributed by atoms with Crippen molar-refractivity contribution in [3.05, 3.63) is 35.9 Å². The number of carbonyl (C=O) groups excluding carboxylic acids is 3. The maximum Gasteiger partial charge on any atom is 0.411 e. The first-order valence-electron chi connectivity index (χ1n) is 10.2. The number of likely N-dealkylation sites (tertiary alicyclic amines) is 1. The standard InChI is InChI=1S/C22H32N2O6/c1-15(2)29-20(26)23-17-11-12-18(24(13-17)21(27)30-22(3,4)5)19(25)28-14-16-9-7-6-8-10-16/h6-10,15,17-18H,11-14H2,1-5H3,(H,23,26)/t17?,18-/m1/s1. The van der Waals surface area contributed by atoms with Crippen molar-refractivity contribution in [3.63, 3.8) is 0 Å². The van der Waals surface area contributed by atoms with Crippen LogP contribution in [0.25, 0.3) is 0 Å². The molecule has 1 aromatic carbocycles. The number of carbonyl (C=O) groups is 3. The lowest BCUT2D eigenvalue weighted by Crippen LogP contribution is -2.57. The van der Waals surface area contributed by atoms with Crippen LogP contribution in [0.4, 0.5) is 9.59 Å². The summed E-state index contributed by atoms with van der Waals surface area (Å²) in [7, 11) is 0. The second-order valence-electron chi connectivity index (χ2n) is 8.61. The predicted octanol–water partition coefficient (Wildman–Crippen LogP) is 3.63. The Balaban J connectivity index is 2.06. The van der Waals surface area contributed by atoms with Crippen LogP contribution in [0.3, 0.4) is 0 Å². The molecule has 0 aliphatic carbocycles. The Labute approximate surface area is 177 Å². The SMILES string of the molecule is CC(C)OC(=O)NC1CC[C@H](C(=O)OCc2ccccc2)N(C(=O)OC(C)(C)C)C1. The number of nitrogens with zero attached hydrogens (tertiary/aromatic N) is 1. The monoisotopic (exact) mass is 420 g/mol. The summed E-state index contributed by atoms with van der Waals surface area (Å²) in [4.78, 5) is 38.8. The fourth-order valence-electron chi connectivity index (χ4n) is 3.10. The van der Waals surface area contributed by atoms with E-state index in [1.54, 1.807) is 34.6 Å². The Morgan fingerprint density at radius 1 is 1.13 bits per heavy atom. The number of esters is 1. The van der Waals surface area contributed by atoms with Crippen molar-refractivity contribution in [3.8, 4) is 0 Å². The van der Waals surface area contributed by atoms with Crippen LogP contribution in [0.1, 0.15) is 53.0 Å². The van der Waals surface area contributed by atoms with Crippen LogP contribution in [-0.4, -0.2) is 53.4 Å². The molecule has 0 spiro atoms. The molecule has 1 unspecified atom stereocenters. The summed E-state index contributed by atoms with van der Waals surface area (Å²) >= 11 is 0. The van der Waals surface area contributed by atoms with Crippen LogP contribution in [0, 0.1) is 0 Å². The largest absolute Gasteiger partial charge is 0.459 e. The zero-order valence-corrected chi connectivity index (χ0v) is 18.3. The number of rotatable bonds is 5. The molecule has 0 bridgehead atoms. The van der Waals surface area contributed by atoms with Gasteiger partial charge < -0.3 is 19.5 Å². The van der Waals surface area contributed by atoms with Gasteiger partial charge in [0.2, 0.25) is 0 Å². The van der Waals surface area contributed by atoms with E-state index in [0.717, 1.165) is 5.56 Å². The Hall–Kier alpha value is -2.77. The van der Waals surface area contributed by atoms with Crippen molar-refractivity contribution in [2.24, 2.45) is 0 Å². The highest BCUT2D eigenvalue weighted by atomic mass is 16.6. The van der Waals surface area contributed by atoms with E-state index in [4.69, 9.17) is 14.2 Å². The molecule has 1 aliphatic heterocycles. The Kier molecular flexibility index (Phi) is 8.08. The maximum atomic E-state index is 12.8. The van der Waals surface area contributed by atoms with E-state index in [2.05, 4.69) is 5.32 Å². The third-order valence-corrected chi connectivity index (χ3v) is 4.37. The predicted molar refractivity (Wildman–Crippen MR) is 111 cm³/mol. The third-order valence-electron chi connectivity index (χ3n) is 4.37. The van der Waals surface area contributed by atoms with Gasteiger partial charge in [0.15, 0.2) is 0 Å². The van der Waals surface area contributed by atoms with E-state index in [0.29, 0.717) is 12.8 Å². The summed E-state index contributed by atoms with van der Waals surface area (Å²) in [6, 6.07) is 8.21. The summed E-state index contributed by atoms with van der Waals surface area (Å²) in [5.41, 5.74) is 0.147. The molecule has 166 valence electrons. The number of hydrogen-bond acceptors (Lipinski definition) is 6. The van der Waals surface area contributed by atoms with Crippen LogP contribution >= 0.6 is 0 Å². The lowest BCUT2D eigenvalue weighted by atomic mass is 9.98. The normalized spacial score (nSPS) is 19.2. The van der Waals surface area contributed by atoms with Crippen molar-refractivity contribution in [2.75, 3.05) is 6.54 Å². The van der Waals surface area contributed by atoms with Gasteiger partial charge in [-0.2, -0.15) is 0 Å². The van der Waals surface area contributed by atoms with E-state index < -0.39 is 29.8 Å². The highest BCUT2D eigenvalue weighted by molar-refractivity contribution is 5.82. The molecule has 1 heterocycles. The Morgan fingerprint density at radius 2 is 1.80 bits per heavy atom. The number of alkyl carbamates (subject to hydrolysis) is 1. The highest BCUT2D eigenvalue weighted by Gasteiger charge is 2.39. The van der Waals surface area contributed by atoms with Gasteiger partial charge in [0.25, 0.3) is 0 Å². The number of benzene rings is 1. The van der Waals surface area contributed by atoms with Crippen LogP contribution < -0.4 is 5.32 Å². The maximum absolute atomic E-state index is 12.8. The molecule has 0 aromatic heterocycles. The van der Waals surface area contributed by atoms with E-state index in [-0.39, 0.29) is 25.3 Å². The molecule has 2 rings (SSSR count). The molecule has 1 saturated heterocycles. The summed E-state index contributed by atoms with van der Waals surface area (Å²) in [5.74, 6) is -0.493. The first-order chi connectivity index (χ1) is 14.0. The molecule has 1 aliphatic rings. The van der Waals surface area contributed by atoms with Gasteiger partial charge in [-0.15, -0.1) is 0 Å². The van der Waals surface area contributed by atoms with Crippen molar-refractivity contribution >= 4 is 18.2 Å². The molecule has 1 aromatic rings. The van der Waals surface area contributed by atoms with Crippen molar-refractivity contribution in [1.29, 1.82) is 0 Å². The average molecular weight is 421 g/mol. The Bertz CT molecular complexity index is 729. The summed E-state index contributed by atoms with van der Waals surface area (Å²) in [5, 5.41) is 2.75. The van der Waals surface area contributed by atoms with Gasteiger partial charge in [0.05, 0.1) is 12.1 Å². The molecule has 30 heavy (non-hydrogen) atoms. The smallest absolute Gasteiger partial charge is 0.411 e. The highest BCUT2D eigenvalue weighted by Crippen LogP contribution is 2.22. The van der Waals surface area contributed by atoms with Crippen molar-refractivity contribution < 1.29 is 28.6 Å². The molecule has 1 fully saturated rings. The molecular weight excluding hydrogens is 388 g/mol. The topological polar surface area (TPSA) is 94.2 Å². The molecule has 2 atom stereocenters. The minimum atomic E-state index is -0.775. The summed E-state index contributed by atoms with van der Waals surface area (Å²) < 4.78 is 16.0. The number of nitrogens with one attached hydrogen (secondary N) is 1. The second kappa shape index (κ2) is 10.3. The number of hydrogen-bond donors (Lipinski definition) is 1. The zero-order chi connectivity index (χ0) is 22.3. The van der Waals surface area contributed by atoms with Crippen LogP contribution in [-0.2, 0) is 25.6 Å². The first kappa shape index (κ1) is 23.5. The van der Waals surface area contributed by atoms with Gasteiger partial charge >= 0.3 is 18.2 Å². The lowest BCUT2D eigenvalue weighted by molar-refractivity contribution is -0.152. The fraction of sp³-hybridized carbons (Fsp3) is 0.591. The molecule has 8 heteroatoms. The minimum Gasteiger partial charge on any atom is -0.459 e. The average Bonchev–Trinajstić information content (AvgIpc) is 2.65. The fourth-order valence-corrected chi connectivity index (χ4v) is 3.10. The number of piperidine rings is 1. The minimum absolute atomic E-state index is 0.126. The zero-order valence-electron chi connectivity index (χ0n) is 18.3. The number of amides is 2. The van der Waals surface area contributed by atoms with Gasteiger partial charge in [-0.25, -0.2) is 14.4 Å². The summed E-state index contributed by atoms with van der Waals surface area (Å²) in [6.07, 6.45) is -0.565. The molecule has 8 nitrogen and oxygen atoms in total. The molecular formula is C22H32N2O6. The summed E-state index contributed by atoms with van der Waals surface area (Å²) in [6.45, 7) is 9.04. The van der Waals surface area contributed by atoms with Crippen LogP contribution in [0.15, 0.2) is 30.3 Å². The van der Waals surface area contributed by atoms with Gasteiger partial charge in [0.1, 0.15) is 18.2 Å². The molecule has 0 saturated carbocycles. The van der Waals surface area contributed by atoms with E-state index >= 15 is 0 Å². The van der Waals surface area contributed by atoms with Crippen LogP contribution in [0.5, 0.6) is 0 Å². The lowest BCUT2D eigenvalue weighted by Gasteiger charge is -2.38. The van der Waals surface area contributed by atoms with Gasteiger partial charge in [0, 0.05) is 6.54 Å². The van der Waals surface area contributed by atoms with Gasteiger partial charge in [-0.3, -0.25) is 4.90 Å². The van der Waals surface area contributed by atoms with E-state index in [9.17, 15) is 14.4 Å². The van der Waals surface area contributed by atoms with Crippen molar-refractivity contribution in [2.45, 2.75) is 77.9 Å². The molecule has 2 amide bonds.